The van der Waals surface area contributed by atoms with Gasteiger partial charge in [0.05, 0.1) is 56.7 Å². The van der Waals surface area contributed by atoms with Gasteiger partial charge in [0.15, 0.2) is 0 Å². The predicted molar refractivity (Wildman–Crippen MR) is 122 cm³/mol. The number of carbonyl (C=O) groups is 1. The molecular weight excluding hydrogens is 390 g/mol. The number of fused-ring (bicyclic) bond motifs is 1. The van der Waals surface area contributed by atoms with Gasteiger partial charge in [0.2, 0.25) is 0 Å². The molecule has 0 bridgehead atoms. The number of aromatic nitrogens is 1. The number of pyridine rings is 1. The van der Waals surface area contributed by atoms with Gasteiger partial charge in [-0.25, -0.2) is 9.78 Å². The Morgan fingerprint density at radius 3 is 2.55 bits per heavy atom. The van der Waals surface area contributed by atoms with E-state index in [4.69, 9.17) is 14.5 Å². The van der Waals surface area contributed by atoms with Crippen LogP contribution in [0.3, 0.4) is 0 Å². The van der Waals surface area contributed by atoms with Crippen LogP contribution in [-0.2, 0) is 11.3 Å². The van der Waals surface area contributed by atoms with Crippen LogP contribution < -0.4 is 14.5 Å². The summed E-state index contributed by atoms with van der Waals surface area (Å²) in [7, 11) is 1.43. The average Bonchev–Trinajstić information content (AvgIpc) is 2.80. The van der Waals surface area contributed by atoms with Gasteiger partial charge in [0.25, 0.3) is 0 Å². The van der Waals surface area contributed by atoms with Gasteiger partial charge in [0, 0.05) is 5.39 Å². The Labute approximate surface area is 183 Å². The first kappa shape index (κ1) is 21.1. The van der Waals surface area contributed by atoms with Crippen molar-refractivity contribution in [2.75, 3.05) is 44.8 Å². The number of ether oxygens (including phenoxy) is 2. The number of nitrogens with zero attached hydrogens (tertiary/aromatic N) is 2. The van der Waals surface area contributed by atoms with Crippen LogP contribution in [0.2, 0.25) is 0 Å². The summed E-state index contributed by atoms with van der Waals surface area (Å²) >= 11 is 0. The number of anilines is 1. The van der Waals surface area contributed by atoms with Crippen molar-refractivity contribution in [3.63, 3.8) is 0 Å². The lowest BCUT2D eigenvalue weighted by Gasteiger charge is -2.34. The largest absolute Gasteiger partial charge is 0.492 e. The molecule has 1 aromatic heterocycles. The second kappa shape index (κ2) is 9.35. The van der Waals surface area contributed by atoms with Crippen LogP contribution in [0.5, 0.6) is 5.75 Å². The van der Waals surface area contributed by atoms with E-state index in [0.29, 0.717) is 18.7 Å². The molecule has 0 atom stereocenters. The van der Waals surface area contributed by atoms with E-state index in [2.05, 4.69) is 17.0 Å². The van der Waals surface area contributed by atoms with Gasteiger partial charge >= 0.3 is 5.97 Å². The first-order valence-corrected chi connectivity index (χ1v) is 10.9. The number of esters is 1. The molecule has 1 N–H and O–H groups in total. The van der Waals surface area contributed by atoms with Crippen LogP contribution in [0.25, 0.3) is 10.9 Å². The van der Waals surface area contributed by atoms with Crippen LogP contribution in [-0.4, -0.2) is 50.8 Å². The highest BCUT2D eigenvalue weighted by Crippen LogP contribution is 2.28. The summed E-state index contributed by atoms with van der Waals surface area (Å²) in [6, 6.07) is 16.2. The second-order valence-corrected chi connectivity index (χ2v) is 7.88. The summed E-state index contributed by atoms with van der Waals surface area (Å²) < 4.78 is 10.9. The van der Waals surface area contributed by atoms with E-state index in [1.165, 1.54) is 12.0 Å². The second-order valence-electron chi connectivity index (χ2n) is 7.88. The zero-order chi connectivity index (χ0) is 21.8. The molecule has 6 heteroatoms. The van der Waals surface area contributed by atoms with Crippen molar-refractivity contribution < 1.29 is 19.2 Å². The van der Waals surface area contributed by atoms with Crippen LogP contribution in [0.4, 0.5) is 5.69 Å². The maximum Gasteiger partial charge on any atom is 0.340 e. The van der Waals surface area contributed by atoms with E-state index >= 15 is 0 Å². The summed E-state index contributed by atoms with van der Waals surface area (Å²) in [6.07, 6.45) is 0. The summed E-state index contributed by atoms with van der Waals surface area (Å²) in [4.78, 5) is 21.2. The predicted octanol–water partition coefficient (Wildman–Crippen LogP) is 2.63. The van der Waals surface area contributed by atoms with Crippen molar-refractivity contribution in [3.05, 3.63) is 65.4 Å². The topological polar surface area (TPSA) is 56.1 Å². The van der Waals surface area contributed by atoms with Crippen molar-refractivity contribution >= 4 is 22.6 Å². The Bertz CT molecular complexity index is 1070. The highest BCUT2D eigenvalue weighted by atomic mass is 16.5. The smallest absolute Gasteiger partial charge is 0.340 e. The molecule has 0 radical (unpaired) electrons. The minimum Gasteiger partial charge on any atom is -0.492 e. The zero-order valence-electron chi connectivity index (χ0n) is 18.5. The molecule has 6 nitrogen and oxygen atoms in total. The minimum atomic E-state index is -0.311. The van der Waals surface area contributed by atoms with E-state index in [-0.39, 0.29) is 5.97 Å². The van der Waals surface area contributed by atoms with Crippen LogP contribution in [0.15, 0.2) is 48.5 Å². The number of aryl methyl sites for hydroxylation is 1. The van der Waals surface area contributed by atoms with E-state index in [1.54, 1.807) is 0 Å². The molecule has 31 heavy (non-hydrogen) atoms. The summed E-state index contributed by atoms with van der Waals surface area (Å²) in [6.45, 7) is 9.15. The van der Waals surface area contributed by atoms with E-state index in [1.807, 2.05) is 50.2 Å². The minimum absolute atomic E-state index is 0.311. The molecule has 1 aliphatic heterocycles. The quantitative estimate of drug-likeness (QED) is 0.622. The molecule has 1 aliphatic rings. The number of quaternary nitrogens is 1. The maximum absolute atomic E-state index is 12.6. The summed E-state index contributed by atoms with van der Waals surface area (Å²) in [5.41, 5.74) is 4.44. The molecule has 0 spiro atoms. The monoisotopic (exact) mass is 420 g/mol. The van der Waals surface area contributed by atoms with Gasteiger partial charge < -0.3 is 19.3 Å². The van der Waals surface area contributed by atoms with Crippen LogP contribution >= 0.6 is 0 Å². The highest BCUT2D eigenvalue weighted by molar-refractivity contribution is 5.98. The number of benzene rings is 2. The van der Waals surface area contributed by atoms with Gasteiger partial charge in [-0.2, -0.15) is 0 Å². The molecular formula is C25H30N3O3+. The van der Waals surface area contributed by atoms with E-state index < -0.39 is 0 Å². The average molecular weight is 421 g/mol. The van der Waals surface area contributed by atoms with Crippen molar-refractivity contribution in [1.29, 1.82) is 0 Å². The maximum atomic E-state index is 12.6. The number of rotatable bonds is 6. The zero-order valence-corrected chi connectivity index (χ0v) is 18.5. The van der Waals surface area contributed by atoms with Gasteiger partial charge in [-0.15, -0.1) is 0 Å². The molecule has 4 rings (SSSR count). The molecule has 0 aliphatic carbocycles. The van der Waals surface area contributed by atoms with Crippen molar-refractivity contribution in [2.45, 2.75) is 20.4 Å². The molecule has 3 aromatic rings. The van der Waals surface area contributed by atoms with Crippen LogP contribution in [0, 0.1) is 6.92 Å². The van der Waals surface area contributed by atoms with Gasteiger partial charge in [-0.3, -0.25) is 0 Å². The molecule has 0 saturated carbocycles. The number of nitrogens with one attached hydrogen (secondary N) is 1. The van der Waals surface area contributed by atoms with Crippen molar-refractivity contribution in [1.82, 2.24) is 4.98 Å². The fraction of sp³-hybridized carbons (Fsp3) is 0.360. The Balaban J connectivity index is 1.54. The Morgan fingerprint density at radius 1 is 1.10 bits per heavy atom. The number of piperazine rings is 1. The Hall–Kier alpha value is -3.12. The van der Waals surface area contributed by atoms with E-state index in [9.17, 15) is 4.79 Å². The number of carbonyl (C=O) groups excluding carboxylic acids is 1. The molecule has 1 fully saturated rings. The number of methoxy groups -OCH3 is 1. The normalized spacial score (nSPS) is 14.6. The van der Waals surface area contributed by atoms with Crippen molar-refractivity contribution in [3.8, 4) is 5.75 Å². The fourth-order valence-electron chi connectivity index (χ4n) is 4.41. The standard InChI is InChI=1S/C25H29N3O3/c1-4-31-23-12-8-7-11-22(23)28-15-13-27(14-16-28)17-21-24(25(29)30-3)18(2)19-9-5-6-10-20(19)26-21/h5-12H,4,13-17H2,1-3H3/p+1. The van der Waals surface area contributed by atoms with E-state index in [0.717, 1.165) is 59.8 Å². The molecule has 0 amide bonds. The lowest BCUT2D eigenvalue weighted by atomic mass is 10.0. The third-order valence-corrected chi connectivity index (χ3v) is 6.01. The number of hydrogen-bond acceptors (Lipinski definition) is 5. The molecule has 0 unspecified atom stereocenters. The SMILES string of the molecule is CCOc1ccccc1N1CC[NH+](Cc2nc3ccccc3c(C)c2C(=O)OC)CC1. The lowest BCUT2D eigenvalue weighted by Crippen LogP contribution is -3.13. The molecule has 1 saturated heterocycles. The third-order valence-electron chi connectivity index (χ3n) is 6.01. The fourth-order valence-corrected chi connectivity index (χ4v) is 4.41. The van der Waals surface area contributed by atoms with Crippen molar-refractivity contribution in [2.24, 2.45) is 0 Å². The summed E-state index contributed by atoms with van der Waals surface area (Å²) in [5.74, 6) is 0.627. The summed E-state index contributed by atoms with van der Waals surface area (Å²) in [5, 5.41) is 0.999. The first-order valence-electron chi connectivity index (χ1n) is 10.9. The Kier molecular flexibility index (Phi) is 6.37. The van der Waals surface area contributed by atoms with Gasteiger partial charge in [0.1, 0.15) is 18.0 Å². The highest BCUT2D eigenvalue weighted by Gasteiger charge is 2.26. The van der Waals surface area contributed by atoms with Gasteiger partial charge in [-0.1, -0.05) is 30.3 Å². The first-order chi connectivity index (χ1) is 15.1. The lowest BCUT2D eigenvalue weighted by molar-refractivity contribution is -0.914. The molecule has 2 aromatic carbocycles. The van der Waals surface area contributed by atoms with Crippen LogP contribution in [0.1, 0.15) is 28.5 Å². The number of para-hydroxylation sites is 3. The third kappa shape index (κ3) is 4.35. The number of hydrogen-bond donors (Lipinski definition) is 1. The molecule has 162 valence electrons. The molecule has 2 heterocycles. The Morgan fingerprint density at radius 2 is 1.81 bits per heavy atom. The van der Waals surface area contributed by atoms with Gasteiger partial charge in [-0.05, 0) is 37.6 Å².